The SMILES string of the molecule is CCc1ccc(OCc2ccc(F)cc2NC(=O)SC)c(C)c1. The lowest BCUT2D eigenvalue weighted by Crippen LogP contribution is -2.08. The Morgan fingerprint density at radius 2 is 2.04 bits per heavy atom. The van der Waals surface area contributed by atoms with Gasteiger partial charge >= 0.3 is 0 Å². The van der Waals surface area contributed by atoms with E-state index in [4.69, 9.17) is 4.74 Å². The second kappa shape index (κ2) is 8.02. The minimum absolute atomic E-state index is 0.236. The Hall–Kier alpha value is -2.01. The first-order chi connectivity index (χ1) is 11.0. The van der Waals surface area contributed by atoms with E-state index in [1.54, 1.807) is 12.3 Å². The first-order valence-electron chi connectivity index (χ1n) is 7.39. The third-order valence-electron chi connectivity index (χ3n) is 3.52. The predicted octanol–water partition coefficient (Wildman–Crippen LogP) is 5.17. The van der Waals surface area contributed by atoms with Gasteiger partial charge in [0.1, 0.15) is 18.2 Å². The summed E-state index contributed by atoms with van der Waals surface area (Å²) in [7, 11) is 0. The van der Waals surface area contributed by atoms with Crippen molar-refractivity contribution in [3.05, 3.63) is 58.9 Å². The first-order valence-corrected chi connectivity index (χ1v) is 8.61. The summed E-state index contributed by atoms with van der Waals surface area (Å²) in [5.74, 6) is 0.391. The third-order valence-corrected chi connectivity index (χ3v) is 4.00. The Balaban J connectivity index is 2.15. The van der Waals surface area contributed by atoms with Gasteiger partial charge in [-0.2, -0.15) is 0 Å². The monoisotopic (exact) mass is 333 g/mol. The number of halogens is 1. The van der Waals surface area contributed by atoms with Gasteiger partial charge in [-0.25, -0.2) is 4.39 Å². The van der Waals surface area contributed by atoms with E-state index in [0.29, 0.717) is 5.69 Å². The zero-order valence-electron chi connectivity index (χ0n) is 13.5. The van der Waals surface area contributed by atoms with Crippen molar-refractivity contribution in [2.24, 2.45) is 0 Å². The molecule has 0 fully saturated rings. The number of benzene rings is 2. The average Bonchev–Trinajstić information content (AvgIpc) is 2.54. The predicted molar refractivity (Wildman–Crippen MR) is 93.8 cm³/mol. The standard InChI is InChI=1S/C18H20FNO2S/c1-4-13-5-8-17(12(2)9-13)22-11-14-6-7-15(19)10-16(14)20-18(21)23-3/h5-10H,4,11H2,1-3H3,(H,20,21). The molecule has 0 bridgehead atoms. The van der Waals surface area contributed by atoms with Crippen LogP contribution in [0.5, 0.6) is 5.75 Å². The fourth-order valence-corrected chi connectivity index (χ4v) is 2.41. The zero-order valence-corrected chi connectivity index (χ0v) is 14.3. The van der Waals surface area contributed by atoms with Crippen molar-refractivity contribution in [2.45, 2.75) is 26.9 Å². The van der Waals surface area contributed by atoms with Crippen LogP contribution in [-0.4, -0.2) is 11.5 Å². The van der Waals surface area contributed by atoms with E-state index in [2.05, 4.69) is 18.3 Å². The highest BCUT2D eigenvalue weighted by atomic mass is 32.2. The minimum Gasteiger partial charge on any atom is -0.489 e. The number of ether oxygens (including phenoxy) is 1. The number of anilines is 1. The molecule has 1 amide bonds. The van der Waals surface area contributed by atoms with Crippen LogP contribution in [0.3, 0.4) is 0 Å². The summed E-state index contributed by atoms with van der Waals surface area (Å²) in [5.41, 5.74) is 3.48. The number of hydrogen-bond acceptors (Lipinski definition) is 3. The van der Waals surface area contributed by atoms with Gasteiger partial charge < -0.3 is 10.1 Å². The maximum Gasteiger partial charge on any atom is 0.283 e. The molecule has 0 saturated carbocycles. The van der Waals surface area contributed by atoms with Crippen LogP contribution in [0.1, 0.15) is 23.6 Å². The van der Waals surface area contributed by atoms with Gasteiger partial charge in [0.05, 0.1) is 5.69 Å². The Kier molecular flexibility index (Phi) is 6.04. The molecule has 0 radical (unpaired) electrons. The summed E-state index contributed by atoms with van der Waals surface area (Å²) < 4.78 is 19.3. The maximum absolute atomic E-state index is 13.4. The molecule has 0 aromatic heterocycles. The molecule has 122 valence electrons. The van der Waals surface area contributed by atoms with Gasteiger partial charge in [-0.1, -0.05) is 36.9 Å². The molecular formula is C18H20FNO2S. The van der Waals surface area contributed by atoms with Crippen molar-refractivity contribution < 1.29 is 13.9 Å². The molecule has 0 unspecified atom stereocenters. The largest absolute Gasteiger partial charge is 0.489 e. The van der Waals surface area contributed by atoms with E-state index < -0.39 is 5.82 Å². The Morgan fingerprint density at radius 3 is 2.70 bits per heavy atom. The highest BCUT2D eigenvalue weighted by molar-refractivity contribution is 8.13. The maximum atomic E-state index is 13.4. The van der Waals surface area contributed by atoms with Gasteiger partial charge in [-0.05, 0) is 48.9 Å². The minimum atomic E-state index is -0.395. The van der Waals surface area contributed by atoms with Crippen LogP contribution in [0.25, 0.3) is 0 Å². The quantitative estimate of drug-likeness (QED) is 0.820. The highest BCUT2D eigenvalue weighted by Gasteiger charge is 2.09. The topological polar surface area (TPSA) is 38.3 Å². The summed E-state index contributed by atoms with van der Waals surface area (Å²) in [5, 5.41) is 2.44. The number of nitrogens with one attached hydrogen (secondary N) is 1. The number of aryl methyl sites for hydroxylation is 2. The molecule has 2 aromatic rings. The highest BCUT2D eigenvalue weighted by Crippen LogP contribution is 2.24. The van der Waals surface area contributed by atoms with E-state index in [1.807, 2.05) is 19.1 Å². The van der Waals surface area contributed by atoms with Crippen molar-refractivity contribution in [3.8, 4) is 5.75 Å². The average molecular weight is 333 g/mol. The van der Waals surface area contributed by atoms with Crippen LogP contribution in [0.2, 0.25) is 0 Å². The molecule has 1 N–H and O–H groups in total. The molecule has 3 nitrogen and oxygen atoms in total. The van der Waals surface area contributed by atoms with E-state index >= 15 is 0 Å². The third kappa shape index (κ3) is 4.73. The van der Waals surface area contributed by atoms with E-state index in [1.165, 1.54) is 17.7 Å². The molecule has 2 rings (SSSR count). The van der Waals surface area contributed by atoms with E-state index in [-0.39, 0.29) is 11.8 Å². The van der Waals surface area contributed by atoms with E-state index in [0.717, 1.165) is 35.1 Å². The van der Waals surface area contributed by atoms with Gasteiger partial charge in [0, 0.05) is 5.56 Å². The number of amides is 1. The fraction of sp³-hybridized carbons (Fsp3) is 0.278. The molecule has 2 aromatic carbocycles. The zero-order chi connectivity index (χ0) is 16.8. The van der Waals surface area contributed by atoms with Gasteiger partial charge in [0.15, 0.2) is 0 Å². The Bertz CT molecular complexity index is 703. The second-order valence-electron chi connectivity index (χ2n) is 5.16. The summed E-state index contributed by atoms with van der Waals surface area (Å²) in [4.78, 5) is 11.5. The number of thioether (sulfide) groups is 1. The Morgan fingerprint density at radius 1 is 1.26 bits per heavy atom. The van der Waals surface area contributed by atoms with Crippen molar-refractivity contribution >= 4 is 22.7 Å². The van der Waals surface area contributed by atoms with Crippen LogP contribution >= 0.6 is 11.8 Å². The molecule has 0 aliphatic carbocycles. The molecule has 0 saturated heterocycles. The number of hydrogen-bond donors (Lipinski definition) is 1. The lowest BCUT2D eigenvalue weighted by Gasteiger charge is -2.14. The molecular weight excluding hydrogens is 313 g/mol. The number of rotatable bonds is 5. The lowest BCUT2D eigenvalue weighted by molar-refractivity contribution is 0.269. The van der Waals surface area contributed by atoms with Crippen LogP contribution in [0, 0.1) is 12.7 Å². The Labute approximate surface area is 140 Å². The molecule has 0 atom stereocenters. The van der Waals surface area contributed by atoms with Gasteiger partial charge in [-0.3, -0.25) is 4.79 Å². The molecule has 0 spiro atoms. The molecule has 5 heteroatoms. The van der Waals surface area contributed by atoms with Crippen LogP contribution in [0.4, 0.5) is 14.9 Å². The molecule has 0 aliphatic heterocycles. The number of carbonyl (C=O) groups is 1. The molecule has 0 aliphatic rings. The van der Waals surface area contributed by atoms with Crippen molar-refractivity contribution in [1.29, 1.82) is 0 Å². The van der Waals surface area contributed by atoms with Crippen LogP contribution in [0.15, 0.2) is 36.4 Å². The summed E-state index contributed by atoms with van der Waals surface area (Å²) in [6.07, 6.45) is 2.65. The summed E-state index contributed by atoms with van der Waals surface area (Å²) >= 11 is 1.04. The van der Waals surface area contributed by atoms with Crippen molar-refractivity contribution in [3.63, 3.8) is 0 Å². The van der Waals surface area contributed by atoms with Crippen LogP contribution < -0.4 is 10.1 Å². The lowest BCUT2D eigenvalue weighted by atomic mass is 10.1. The van der Waals surface area contributed by atoms with Crippen molar-refractivity contribution in [2.75, 3.05) is 11.6 Å². The molecule has 0 heterocycles. The summed E-state index contributed by atoms with van der Waals surface area (Å²) in [6.45, 7) is 4.36. The fourth-order valence-electron chi connectivity index (χ4n) is 2.20. The van der Waals surface area contributed by atoms with Gasteiger partial charge in [0.2, 0.25) is 0 Å². The second-order valence-corrected chi connectivity index (χ2v) is 5.94. The molecule has 23 heavy (non-hydrogen) atoms. The van der Waals surface area contributed by atoms with Gasteiger partial charge in [-0.15, -0.1) is 0 Å². The van der Waals surface area contributed by atoms with Crippen LogP contribution in [-0.2, 0) is 13.0 Å². The van der Waals surface area contributed by atoms with E-state index in [9.17, 15) is 9.18 Å². The smallest absolute Gasteiger partial charge is 0.283 e. The number of carbonyl (C=O) groups excluding carboxylic acids is 1. The van der Waals surface area contributed by atoms with Gasteiger partial charge in [0.25, 0.3) is 5.24 Å². The normalized spacial score (nSPS) is 10.4. The summed E-state index contributed by atoms with van der Waals surface area (Å²) in [6, 6.07) is 10.4. The first kappa shape index (κ1) is 17.3. The van der Waals surface area contributed by atoms with Crippen molar-refractivity contribution in [1.82, 2.24) is 0 Å².